The Morgan fingerprint density at radius 2 is 2.14 bits per heavy atom. The van der Waals surface area contributed by atoms with E-state index in [1.54, 1.807) is 30.9 Å². The SMILES string of the molecule is CNc1cc(Nc2cccn([C@@H]3CCC[C@@H](OC)C3)c2=O)nc2c(C(=O)NCC(C)(C)CO)cnn12. The molecule has 2 atom stereocenters. The van der Waals surface area contributed by atoms with Gasteiger partial charge in [-0.25, -0.2) is 4.98 Å². The molecule has 0 aromatic carbocycles. The maximum atomic E-state index is 13.3. The van der Waals surface area contributed by atoms with Crippen LogP contribution in [-0.4, -0.2) is 63.6 Å². The highest BCUT2D eigenvalue weighted by molar-refractivity contribution is 6.00. The number of fused-ring (bicyclic) bond motifs is 1. The first-order valence-corrected chi connectivity index (χ1v) is 12.2. The van der Waals surface area contributed by atoms with Gasteiger partial charge in [0, 0.05) is 51.0 Å². The summed E-state index contributed by atoms with van der Waals surface area (Å²) in [6.45, 7) is 3.96. The predicted octanol–water partition coefficient (Wildman–Crippen LogP) is 2.55. The molecule has 36 heavy (non-hydrogen) atoms. The minimum atomic E-state index is -0.455. The number of rotatable bonds is 9. The van der Waals surface area contributed by atoms with E-state index in [0.717, 1.165) is 25.7 Å². The molecular formula is C25H35N7O4. The number of aliphatic hydroxyl groups excluding tert-OH is 1. The first-order valence-electron chi connectivity index (χ1n) is 12.2. The van der Waals surface area contributed by atoms with Crippen LogP contribution in [0.2, 0.25) is 0 Å². The maximum Gasteiger partial charge on any atom is 0.274 e. The number of hydrogen-bond acceptors (Lipinski definition) is 8. The number of anilines is 3. The first-order chi connectivity index (χ1) is 17.3. The van der Waals surface area contributed by atoms with Gasteiger partial charge in [0.1, 0.15) is 22.9 Å². The molecule has 0 radical (unpaired) electrons. The van der Waals surface area contributed by atoms with E-state index >= 15 is 0 Å². The molecular weight excluding hydrogens is 462 g/mol. The smallest absolute Gasteiger partial charge is 0.274 e. The number of nitrogens with one attached hydrogen (secondary N) is 3. The average Bonchev–Trinajstić information content (AvgIpc) is 3.32. The zero-order valence-corrected chi connectivity index (χ0v) is 21.2. The van der Waals surface area contributed by atoms with Gasteiger partial charge in [-0.1, -0.05) is 13.8 Å². The zero-order chi connectivity index (χ0) is 25.9. The van der Waals surface area contributed by atoms with Crippen molar-refractivity contribution >= 4 is 28.9 Å². The Bertz CT molecular complexity index is 1280. The van der Waals surface area contributed by atoms with E-state index < -0.39 is 5.41 Å². The summed E-state index contributed by atoms with van der Waals surface area (Å²) >= 11 is 0. The molecule has 0 spiro atoms. The summed E-state index contributed by atoms with van der Waals surface area (Å²) in [4.78, 5) is 30.8. The molecule has 0 aliphatic heterocycles. The molecule has 3 aromatic heterocycles. The zero-order valence-electron chi connectivity index (χ0n) is 21.2. The molecule has 1 aliphatic rings. The highest BCUT2D eigenvalue weighted by Gasteiger charge is 2.25. The fourth-order valence-electron chi connectivity index (χ4n) is 4.45. The number of carbonyl (C=O) groups is 1. The molecule has 1 amide bonds. The van der Waals surface area contributed by atoms with Crippen molar-refractivity contribution in [2.75, 3.05) is 37.9 Å². The Hall–Kier alpha value is -3.44. The largest absolute Gasteiger partial charge is 0.396 e. The van der Waals surface area contributed by atoms with Crippen LogP contribution in [0.25, 0.3) is 5.65 Å². The summed E-state index contributed by atoms with van der Waals surface area (Å²) in [6.07, 6.45) is 7.18. The van der Waals surface area contributed by atoms with E-state index in [1.165, 1.54) is 10.7 Å². The molecule has 0 unspecified atom stereocenters. The van der Waals surface area contributed by atoms with Crippen LogP contribution in [-0.2, 0) is 4.74 Å². The normalized spacial score (nSPS) is 18.2. The topological polar surface area (TPSA) is 135 Å². The fraction of sp³-hybridized carbons (Fsp3) is 0.520. The summed E-state index contributed by atoms with van der Waals surface area (Å²) in [5.41, 5.74) is 0.442. The van der Waals surface area contributed by atoms with E-state index in [9.17, 15) is 14.7 Å². The highest BCUT2D eigenvalue weighted by Crippen LogP contribution is 2.29. The number of pyridine rings is 1. The first kappa shape index (κ1) is 25.6. The van der Waals surface area contributed by atoms with Crippen LogP contribution in [0.5, 0.6) is 0 Å². The highest BCUT2D eigenvalue weighted by atomic mass is 16.5. The minimum absolute atomic E-state index is 0.0557. The van der Waals surface area contributed by atoms with Crippen molar-refractivity contribution < 1.29 is 14.6 Å². The van der Waals surface area contributed by atoms with Gasteiger partial charge in [0.25, 0.3) is 11.5 Å². The summed E-state index contributed by atoms with van der Waals surface area (Å²) in [5, 5.41) is 22.8. The Morgan fingerprint density at radius 3 is 2.86 bits per heavy atom. The van der Waals surface area contributed by atoms with Crippen LogP contribution >= 0.6 is 0 Å². The van der Waals surface area contributed by atoms with Crippen LogP contribution in [0.4, 0.5) is 17.3 Å². The lowest BCUT2D eigenvalue weighted by atomic mass is 9.92. The van der Waals surface area contributed by atoms with Crippen LogP contribution in [0.15, 0.2) is 35.4 Å². The third kappa shape index (κ3) is 5.36. The third-order valence-electron chi connectivity index (χ3n) is 6.69. The molecule has 11 heteroatoms. The van der Waals surface area contributed by atoms with Crippen molar-refractivity contribution in [3.05, 3.63) is 46.5 Å². The Labute approximate surface area is 209 Å². The lowest BCUT2D eigenvalue weighted by Gasteiger charge is -2.29. The number of ether oxygens (including phenoxy) is 1. The average molecular weight is 498 g/mol. The van der Waals surface area contributed by atoms with Crippen molar-refractivity contribution in [1.29, 1.82) is 0 Å². The van der Waals surface area contributed by atoms with E-state index in [4.69, 9.17) is 4.74 Å². The number of hydrogen-bond donors (Lipinski definition) is 4. The van der Waals surface area contributed by atoms with Crippen molar-refractivity contribution in [3.63, 3.8) is 0 Å². The number of aromatic nitrogens is 4. The molecule has 1 fully saturated rings. The molecule has 1 aliphatic carbocycles. The van der Waals surface area contributed by atoms with E-state index in [2.05, 4.69) is 26.0 Å². The predicted molar refractivity (Wildman–Crippen MR) is 138 cm³/mol. The number of aliphatic hydroxyl groups is 1. The summed E-state index contributed by atoms with van der Waals surface area (Å²) in [5.74, 6) is 0.666. The molecule has 3 aromatic rings. The van der Waals surface area contributed by atoms with Gasteiger partial charge in [0.05, 0.1) is 12.3 Å². The molecule has 0 bridgehead atoms. The standard InChI is InChI=1S/C25H35N7O4/c1-25(2,15-33)14-27-23(34)18-13-28-32-21(26-3)12-20(30-22(18)32)29-19-9-6-10-31(24(19)35)16-7-5-8-17(11-16)36-4/h6,9-10,12-13,16-17,26,33H,5,7-8,11,14-15H2,1-4H3,(H,27,34)(H,29,30)/t16-,17-/m1/s1. The van der Waals surface area contributed by atoms with Gasteiger partial charge in [0.2, 0.25) is 0 Å². The van der Waals surface area contributed by atoms with Crippen LogP contribution in [0.1, 0.15) is 55.9 Å². The van der Waals surface area contributed by atoms with E-state index in [0.29, 0.717) is 35.1 Å². The third-order valence-corrected chi connectivity index (χ3v) is 6.69. The number of amides is 1. The summed E-state index contributed by atoms with van der Waals surface area (Å²) in [6, 6.07) is 5.38. The van der Waals surface area contributed by atoms with Gasteiger partial charge >= 0.3 is 0 Å². The van der Waals surface area contributed by atoms with Crippen molar-refractivity contribution in [2.45, 2.75) is 51.7 Å². The second-order valence-corrected chi connectivity index (χ2v) is 10.0. The second kappa shape index (κ2) is 10.7. The molecule has 11 nitrogen and oxygen atoms in total. The number of nitrogens with zero attached hydrogens (tertiary/aromatic N) is 4. The van der Waals surface area contributed by atoms with Crippen LogP contribution in [0.3, 0.4) is 0 Å². The van der Waals surface area contributed by atoms with Gasteiger partial charge in [-0.15, -0.1) is 0 Å². The fourth-order valence-corrected chi connectivity index (χ4v) is 4.45. The van der Waals surface area contributed by atoms with E-state index in [-0.39, 0.29) is 30.2 Å². The van der Waals surface area contributed by atoms with Crippen molar-refractivity contribution in [3.8, 4) is 0 Å². The Morgan fingerprint density at radius 1 is 1.33 bits per heavy atom. The van der Waals surface area contributed by atoms with Gasteiger partial charge in [-0.2, -0.15) is 9.61 Å². The molecule has 1 saturated carbocycles. The molecule has 3 heterocycles. The van der Waals surface area contributed by atoms with Gasteiger partial charge < -0.3 is 30.4 Å². The molecule has 194 valence electrons. The van der Waals surface area contributed by atoms with Crippen LogP contribution < -0.4 is 21.5 Å². The number of carbonyl (C=O) groups excluding carboxylic acids is 1. The quantitative estimate of drug-likeness (QED) is 0.354. The number of methoxy groups -OCH3 is 1. The molecule has 4 N–H and O–H groups in total. The lowest BCUT2D eigenvalue weighted by Crippen LogP contribution is -2.36. The van der Waals surface area contributed by atoms with Gasteiger partial charge in [-0.05, 0) is 37.8 Å². The minimum Gasteiger partial charge on any atom is -0.396 e. The second-order valence-electron chi connectivity index (χ2n) is 10.0. The van der Waals surface area contributed by atoms with E-state index in [1.807, 2.05) is 26.1 Å². The summed E-state index contributed by atoms with van der Waals surface area (Å²) in [7, 11) is 3.46. The van der Waals surface area contributed by atoms with Gasteiger partial charge in [0.15, 0.2) is 5.65 Å². The maximum absolute atomic E-state index is 13.3. The summed E-state index contributed by atoms with van der Waals surface area (Å²) < 4.78 is 8.84. The monoisotopic (exact) mass is 497 g/mol. The van der Waals surface area contributed by atoms with Crippen molar-refractivity contribution in [2.24, 2.45) is 5.41 Å². The lowest BCUT2D eigenvalue weighted by molar-refractivity contribution is 0.0525. The van der Waals surface area contributed by atoms with Crippen molar-refractivity contribution in [1.82, 2.24) is 24.5 Å². The Balaban J connectivity index is 1.63. The van der Waals surface area contributed by atoms with Gasteiger partial charge in [-0.3, -0.25) is 9.59 Å². The molecule has 0 saturated heterocycles. The Kier molecular flexibility index (Phi) is 7.60. The molecule has 4 rings (SSSR count). The van der Waals surface area contributed by atoms with Crippen LogP contribution in [0, 0.1) is 5.41 Å².